The van der Waals surface area contributed by atoms with Gasteiger partial charge in [-0.05, 0) is 31.7 Å². The average molecular weight is 297 g/mol. The summed E-state index contributed by atoms with van der Waals surface area (Å²) in [7, 11) is -3.20. The van der Waals surface area contributed by atoms with Crippen LogP contribution in [0.1, 0.15) is 13.8 Å². The number of likely N-dealkylation sites (N-methyl/N-ethyl adjacent to an activating group) is 1. The molecule has 1 saturated heterocycles. The molecule has 0 spiro atoms. The molecular weight excluding hydrogens is 274 g/mol. The Labute approximate surface area is 121 Å². The maximum atomic E-state index is 11.5. The van der Waals surface area contributed by atoms with Crippen LogP contribution in [0.2, 0.25) is 0 Å². The maximum Gasteiger partial charge on any atom is 0.175 e. The Hall–Kier alpha value is -1.27. The first kappa shape index (κ1) is 15.1. The topological polar surface area (TPSA) is 66.6 Å². The molecular formula is C14H23N3O2S. The van der Waals surface area contributed by atoms with Gasteiger partial charge in [-0.15, -0.1) is 0 Å². The molecule has 0 bridgehead atoms. The first-order valence-electron chi connectivity index (χ1n) is 6.91. The molecule has 1 aromatic rings. The van der Waals surface area contributed by atoms with Crippen LogP contribution in [0.4, 0.5) is 11.4 Å². The Bertz CT molecular complexity index is 586. The molecule has 1 atom stereocenters. The number of sulfone groups is 1. The fourth-order valence-corrected chi connectivity index (χ4v) is 3.39. The minimum Gasteiger partial charge on any atom is -0.397 e. The van der Waals surface area contributed by atoms with E-state index in [2.05, 4.69) is 23.6 Å². The highest BCUT2D eigenvalue weighted by Crippen LogP contribution is 2.28. The Morgan fingerprint density at radius 3 is 2.55 bits per heavy atom. The lowest BCUT2D eigenvalue weighted by Crippen LogP contribution is -2.51. The zero-order valence-electron chi connectivity index (χ0n) is 12.3. The van der Waals surface area contributed by atoms with Crippen molar-refractivity contribution >= 4 is 21.2 Å². The molecule has 0 aliphatic carbocycles. The van der Waals surface area contributed by atoms with Gasteiger partial charge in [0.05, 0.1) is 16.3 Å². The SMILES string of the molecule is CCN1CCN(c2ccc(S(C)(=O)=O)cc2N)CC1C. The third kappa shape index (κ3) is 3.07. The summed E-state index contributed by atoms with van der Waals surface area (Å²) in [6, 6.07) is 5.49. The van der Waals surface area contributed by atoms with E-state index < -0.39 is 9.84 Å². The lowest BCUT2D eigenvalue weighted by molar-refractivity contribution is 0.199. The maximum absolute atomic E-state index is 11.5. The molecule has 1 fully saturated rings. The zero-order valence-corrected chi connectivity index (χ0v) is 13.2. The molecule has 1 aromatic carbocycles. The Morgan fingerprint density at radius 2 is 2.05 bits per heavy atom. The van der Waals surface area contributed by atoms with Gasteiger partial charge < -0.3 is 10.6 Å². The summed E-state index contributed by atoms with van der Waals surface area (Å²) in [4.78, 5) is 4.94. The van der Waals surface area contributed by atoms with Crippen LogP contribution in [0.25, 0.3) is 0 Å². The largest absolute Gasteiger partial charge is 0.397 e. The van der Waals surface area contributed by atoms with Gasteiger partial charge in [0.1, 0.15) is 0 Å². The molecule has 1 unspecified atom stereocenters. The van der Waals surface area contributed by atoms with Crippen molar-refractivity contribution in [3.63, 3.8) is 0 Å². The number of benzene rings is 1. The van der Waals surface area contributed by atoms with Crippen molar-refractivity contribution in [3.05, 3.63) is 18.2 Å². The van der Waals surface area contributed by atoms with Crippen molar-refractivity contribution in [1.29, 1.82) is 0 Å². The fourth-order valence-electron chi connectivity index (χ4n) is 2.74. The molecule has 0 radical (unpaired) electrons. The summed E-state index contributed by atoms with van der Waals surface area (Å²) in [5, 5.41) is 0. The Morgan fingerprint density at radius 1 is 1.35 bits per heavy atom. The minimum absolute atomic E-state index is 0.277. The molecule has 2 rings (SSSR count). The van der Waals surface area contributed by atoms with Gasteiger partial charge in [0.25, 0.3) is 0 Å². The third-order valence-corrected chi connectivity index (χ3v) is 5.05. The van der Waals surface area contributed by atoms with Crippen molar-refractivity contribution < 1.29 is 8.42 Å². The number of nitrogen functional groups attached to an aromatic ring is 1. The lowest BCUT2D eigenvalue weighted by Gasteiger charge is -2.40. The average Bonchev–Trinajstić information content (AvgIpc) is 2.37. The van der Waals surface area contributed by atoms with Gasteiger partial charge >= 0.3 is 0 Å². The van der Waals surface area contributed by atoms with Crippen molar-refractivity contribution in [3.8, 4) is 0 Å². The van der Waals surface area contributed by atoms with E-state index in [1.807, 2.05) is 6.07 Å². The predicted octanol–water partition coefficient (Wildman–Crippen LogP) is 1.20. The van der Waals surface area contributed by atoms with Gasteiger partial charge in [-0.25, -0.2) is 8.42 Å². The van der Waals surface area contributed by atoms with Crippen LogP contribution in [0.5, 0.6) is 0 Å². The Kier molecular flexibility index (Phi) is 4.25. The number of piperazine rings is 1. The highest BCUT2D eigenvalue weighted by Gasteiger charge is 2.24. The molecule has 112 valence electrons. The van der Waals surface area contributed by atoms with Crippen LogP contribution in [-0.4, -0.2) is 51.8 Å². The van der Waals surface area contributed by atoms with Crippen LogP contribution in [-0.2, 0) is 9.84 Å². The molecule has 0 saturated carbocycles. The molecule has 0 aromatic heterocycles. The van der Waals surface area contributed by atoms with E-state index in [4.69, 9.17) is 5.73 Å². The summed E-state index contributed by atoms with van der Waals surface area (Å²) in [6.07, 6.45) is 1.20. The van der Waals surface area contributed by atoms with Gasteiger partial charge in [-0.1, -0.05) is 6.92 Å². The van der Waals surface area contributed by atoms with Crippen molar-refractivity contribution in [2.45, 2.75) is 24.8 Å². The molecule has 6 heteroatoms. The number of hydrogen-bond donors (Lipinski definition) is 1. The first-order chi connectivity index (χ1) is 9.32. The summed E-state index contributed by atoms with van der Waals surface area (Å²) in [5.74, 6) is 0. The second-order valence-corrected chi connectivity index (χ2v) is 7.43. The molecule has 2 N–H and O–H groups in total. The predicted molar refractivity (Wildman–Crippen MR) is 82.9 cm³/mol. The number of rotatable bonds is 3. The number of hydrogen-bond acceptors (Lipinski definition) is 5. The lowest BCUT2D eigenvalue weighted by atomic mass is 10.1. The van der Waals surface area contributed by atoms with E-state index >= 15 is 0 Å². The third-order valence-electron chi connectivity index (χ3n) is 3.94. The van der Waals surface area contributed by atoms with E-state index in [0.29, 0.717) is 11.7 Å². The molecule has 1 aliphatic heterocycles. The Balaban J connectivity index is 2.22. The van der Waals surface area contributed by atoms with Crippen LogP contribution >= 0.6 is 0 Å². The highest BCUT2D eigenvalue weighted by molar-refractivity contribution is 7.90. The van der Waals surface area contributed by atoms with Crippen LogP contribution < -0.4 is 10.6 Å². The molecule has 0 amide bonds. The van der Waals surface area contributed by atoms with Crippen LogP contribution in [0.3, 0.4) is 0 Å². The second kappa shape index (κ2) is 5.61. The van der Waals surface area contributed by atoms with E-state index in [-0.39, 0.29) is 4.90 Å². The van der Waals surface area contributed by atoms with Crippen molar-refractivity contribution in [2.75, 3.05) is 43.1 Å². The van der Waals surface area contributed by atoms with E-state index in [9.17, 15) is 8.42 Å². The summed E-state index contributed by atoms with van der Waals surface area (Å²) >= 11 is 0. The van der Waals surface area contributed by atoms with Gasteiger partial charge in [0, 0.05) is 31.9 Å². The second-order valence-electron chi connectivity index (χ2n) is 5.42. The molecule has 5 nitrogen and oxygen atoms in total. The van der Waals surface area contributed by atoms with Gasteiger partial charge in [-0.3, -0.25) is 4.90 Å². The fraction of sp³-hybridized carbons (Fsp3) is 0.571. The molecule has 1 heterocycles. The van der Waals surface area contributed by atoms with E-state index in [1.54, 1.807) is 12.1 Å². The quantitative estimate of drug-likeness (QED) is 0.849. The van der Waals surface area contributed by atoms with Crippen LogP contribution in [0, 0.1) is 0 Å². The minimum atomic E-state index is -3.20. The zero-order chi connectivity index (χ0) is 14.9. The number of anilines is 2. The van der Waals surface area contributed by atoms with Crippen LogP contribution in [0.15, 0.2) is 23.1 Å². The summed E-state index contributed by atoms with van der Waals surface area (Å²) in [5.41, 5.74) is 7.50. The van der Waals surface area contributed by atoms with Gasteiger partial charge in [-0.2, -0.15) is 0 Å². The standard InChI is InChI=1S/C14H23N3O2S/c1-4-16-7-8-17(10-11(16)2)14-6-5-12(9-13(14)15)20(3,18)19/h5-6,9,11H,4,7-8,10,15H2,1-3H3. The smallest absolute Gasteiger partial charge is 0.175 e. The summed E-state index contributed by atoms with van der Waals surface area (Å²) in [6.45, 7) is 8.26. The number of nitrogens with zero attached hydrogens (tertiary/aromatic N) is 2. The first-order valence-corrected chi connectivity index (χ1v) is 8.80. The van der Waals surface area contributed by atoms with Gasteiger partial charge in [0.15, 0.2) is 9.84 Å². The van der Waals surface area contributed by atoms with E-state index in [0.717, 1.165) is 31.9 Å². The monoisotopic (exact) mass is 297 g/mol. The highest BCUT2D eigenvalue weighted by atomic mass is 32.2. The normalized spacial score (nSPS) is 21.1. The van der Waals surface area contributed by atoms with Crippen molar-refractivity contribution in [2.24, 2.45) is 0 Å². The molecule has 20 heavy (non-hydrogen) atoms. The van der Waals surface area contributed by atoms with Gasteiger partial charge in [0.2, 0.25) is 0 Å². The summed E-state index contributed by atoms with van der Waals surface area (Å²) < 4.78 is 23.1. The van der Waals surface area contributed by atoms with Crippen molar-refractivity contribution in [1.82, 2.24) is 4.90 Å². The van der Waals surface area contributed by atoms with E-state index in [1.165, 1.54) is 6.26 Å². The number of nitrogens with two attached hydrogens (primary N) is 1. The molecule has 1 aliphatic rings.